The number of aromatic nitrogens is 2. The number of hydrogen-bond donors (Lipinski definition) is 1. The normalized spacial score (nSPS) is 20.4. The monoisotopic (exact) mass is 266 g/mol. The zero-order chi connectivity index (χ0) is 13.7. The summed E-state index contributed by atoms with van der Waals surface area (Å²) in [6, 6.07) is 0. The summed E-state index contributed by atoms with van der Waals surface area (Å²) in [5.74, 6) is 2.61. The van der Waals surface area contributed by atoms with Crippen molar-refractivity contribution in [2.45, 2.75) is 46.1 Å². The van der Waals surface area contributed by atoms with Crippen LogP contribution in [0.15, 0.2) is 4.52 Å². The Morgan fingerprint density at radius 2 is 2.32 bits per heavy atom. The van der Waals surface area contributed by atoms with Gasteiger partial charge in [-0.25, -0.2) is 0 Å². The zero-order valence-corrected chi connectivity index (χ0v) is 12.4. The summed E-state index contributed by atoms with van der Waals surface area (Å²) in [6.45, 7) is 11.6. The summed E-state index contributed by atoms with van der Waals surface area (Å²) in [4.78, 5) is 6.86. The predicted octanol–water partition coefficient (Wildman–Crippen LogP) is 2.01. The highest BCUT2D eigenvalue weighted by molar-refractivity contribution is 4.91. The molecule has 108 valence electrons. The third-order valence-electron chi connectivity index (χ3n) is 3.71. The Labute approximate surface area is 115 Å². The highest BCUT2D eigenvalue weighted by atomic mass is 16.5. The number of piperidine rings is 1. The second kappa shape index (κ2) is 7.01. The van der Waals surface area contributed by atoms with Gasteiger partial charge in [-0.1, -0.05) is 25.9 Å². The van der Waals surface area contributed by atoms with E-state index in [0.717, 1.165) is 43.8 Å². The summed E-state index contributed by atoms with van der Waals surface area (Å²) in [6.07, 6.45) is 2.62. The topological polar surface area (TPSA) is 54.2 Å². The number of nitrogens with one attached hydrogen (secondary N) is 1. The lowest BCUT2D eigenvalue weighted by Gasteiger charge is -2.28. The van der Waals surface area contributed by atoms with Crippen LogP contribution in [0.25, 0.3) is 0 Å². The molecule has 1 aromatic rings. The Morgan fingerprint density at radius 1 is 1.47 bits per heavy atom. The molecular formula is C14H26N4O. The lowest BCUT2D eigenvalue weighted by molar-refractivity contribution is 0.203. The van der Waals surface area contributed by atoms with Crippen molar-refractivity contribution in [3.63, 3.8) is 0 Å². The molecule has 0 amide bonds. The minimum absolute atomic E-state index is 0.305. The van der Waals surface area contributed by atoms with Crippen LogP contribution >= 0.6 is 0 Å². The summed E-state index contributed by atoms with van der Waals surface area (Å²) >= 11 is 0. The second-order valence-corrected chi connectivity index (χ2v) is 5.74. The van der Waals surface area contributed by atoms with Gasteiger partial charge in [0.25, 0.3) is 0 Å². The van der Waals surface area contributed by atoms with Gasteiger partial charge in [0.15, 0.2) is 5.82 Å². The van der Waals surface area contributed by atoms with Crippen LogP contribution in [0.1, 0.15) is 51.2 Å². The van der Waals surface area contributed by atoms with E-state index >= 15 is 0 Å². The number of hydrogen-bond acceptors (Lipinski definition) is 5. The van der Waals surface area contributed by atoms with E-state index in [-0.39, 0.29) is 0 Å². The quantitative estimate of drug-likeness (QED) is 0.853. The van der Waals surface area contributed by atoms with Crippen LogP contribution in [0.4, 0.5) is 0 Å². The maximum Gasteiger partial charge on any atom is 0.229 e. The predicted molar refractivity (Wildman–Crippen MR) is 74.9 cm³/mol. The van der Waals surface area contributed by atoms with Crippen molar-refractivity contribution in [3.8, 4) is 0 Å². The Kier molecular flexibility index (Phi) is 5.34. The van der Waals surface area contributed by atoms with Gasteiger partial charge in [-0.15, -0.1) is 0 Å². The maximum absolute atomic E-state index is 5.26. The first kappa shape index (κ1) is 14.5. The molecule has 2 rings (SSSR count). The molecule has 1 atom stereocenters. The van der Waals surface area contributed by atoms with Gasteiger partial charge in [-0.3, -0.25) is 4.90 Å². The van der Waals surface area contributed by atoms with E-state index in [1.807, 2.05) is 0 Å². The first-order valence-corrected chi connectivity index (χ1v) is 7.44. The fourth-order valence-corrected chi connectivity index (χ4v) is 2.52. The molecule has 1 saturated heterocycles. The highest BCUT2D eigenvalue weighted by Gasteiger charge is 2.18. The average Bonchev–Trinajstić information content (AvgIpc) is 2.88. The fraction of sp³-hybridized carbons (Fsp3) is 0.857. The van der Waals surface area contributed by atoms with E-state index in [1.165, 1.54) is 19.4 Å². The van der Waals surface area contributed by atoms with Crippen LogP contribution in [0, 0.1) is 5.92 Å². The standard InChI is InChI=1S/C14H26N4O/c1-4-18(9-12-6-5-7-15-8-12)10-13-16-14(11(2)3)19-17-13/h11-12,15H,4-10H2,1-3H3. The largest absolute Gasteiger partial charge is 0.339 e. The minimum atomic E-state index is 0.305. The average molecular weight is 266 g/mol. The van der Waals surface area contributed by atoms with E-state index in [2.05, 4.69) is 41.1 Å². The van der Waals surface area contributed by atoms with Crippen molar-refractivity contribution in [2.24, 2.45) is 5.92 Å². The van der Waals surface area contributed by atoms with Gasteiger partial charge in [0.1, 0.15) is 0 Å². The van der Waals surface area contributed by atoms with E-state index < -0.39 is 0 Å². The van der Waals surface area contributed by atoms with E-state index in [4.69, 9.17) is 4.52 Å². The molecule has 1 aliphatic heterocycles. The van der Waals surface area contributed by atoms with E-state index in [0.29, 0.717) is 5.92 Å². The SMILES string of the molecule is CCN(Cc1noc(C(C)C)n1)CC1CCCNC1. The van der Waals surface area contributed by atoms with Crippen LogP contribution in [0.5, 0.6) is 0 Å². The summed E-state index contributed by atoms with van der Waals surface area (Å²) in [5, 5.41) is 7.55. The van der Waals surface area contributed by atoms with Crippen molar-refractivity contribution in [1.82, 2.24) is 20.4 Å². The molecular weight excluding hydrogens is 240 g/mol. The number of nitrogens with zero attached hydrogens (tertiary/aromatic N) is 3. The fourth-order valence-electron chi connectivity index (χ4n) is 2.52. The molecule has 0 bridgehead atoms. The molecule has 1 fully saturated rings. The van der Waals surface area contributed by atoms with Crippen molar-refractivity contribution >= 4 is 0 Å². The molecule has 0 saturated carbocycles. The van der Waals surface area contributed by atoms with Crippen LogP contribution in [0.2, 0.25) is 0 Å². The Hall–Kier alpha value is -0.940. The van der Waals surface area contributed by atoms with Gasteiger partial charge in [0.05, 0.1) is 6.54 Å². The van der Waals surface area contributed by atoms with Crippen LogP contribution < -0.4 is 5.32 Å². The first-order valence-electron chi connectivity index (χ1n) is 7.44. The van der Waals surface area contributed by atoms with Gasteiger partial charge in [-0.05, 0) is 38.4 Å². The molecule has 0 spiro atoms. The molecule has 5 heteroatoms. The maximum atomic E-state index is 5.26. The Morgan fingerprint density at radius 3 is 2.89 bits per heavy atom. The second-order valence-electron chi connectivity index (χ2n) is 5.74. The van der Waals surface area contributed by atoms with Crippen LogP contribution in [-0.4, -0.2) is 41.2 Å². The molecule has 0 aliphatic carbocycles. The van der Waals surface area contributed by atoms with E-state index in [9.17, 15) is 0 Å². The van der Waals surface area contributed by atoms with Gasteiger partial charge < -0.3 is 9.84 Å². The summed E-state index contributed by atoms with van der Waals surface area (Å²) < 4.78 is 5.26. The van der Waals surface area contributed by atoms with Crippen LogP contribution in [-0.2, 0) is 6.54 Å². The van der Waals surface area contributed by atoms with Gasteiger partial charge in [0.2, 0.25) is 5.89 Å². The lowest BCUT2D eigenvalue weighted by Crippen LogP contribution is -2.38. The Bertz CT molecular complexity index is 371. The molecule has 2 heterocycles. The number of rotatable bonds is 6. The molecule has 1 N–H and O–H groups in total. The third-order valence-corrected chi connectivity index (χ3v) is 3.71. The molecule has 1 aromatic heterocycles. The minimum Gasteiger partial charge on any atom is -0.339 e. The van der Waals surface area contributed by atoms with Crippen molar-refractivity contribution < 1.29 is 4.52 Å². The molecule has 0 aromatic carbocycles. The first-order chi connectivity index (χ1) is 9.19. The highest BCUT2D eigenvalue weighted by Crippen LogP contribution is 2.15. The van der Waals surface area contributed by atoms with Gasteiger partial charge in [0, 0.05) is 12.5 Å². The smallest absolute Gasteiger partial charge is 0.229 e. The van der Waals surface area contributed by atoms with Gasteiger partial charge >= 0.3 is 0 Å². The van der Waals surface area contributed by atoms with Crippen molar-refractivity contribution in [3.05, 3.63) is 11.7 Å². The summed E-state index contributed by atoms with van der Waals surface area (Å²) in [5.41, 5.74) is 0. The van der Waals surface area contributed by atoms with Crippen molar-refractivity contribution in [2.75, 3.05) is 26.2 Å². The van der Waals surface area contributed by atoms with Crippen molar-refractivity contribution in [1.29, 1.82) is 0 Å². The molecule has 1 unspecified atom stereocenters. The third kappa shape index (κ3) is 4.28. The molecule has 0 radical (unpaired) electrons. The molecule has 5 nitrogen and oxygen atoms in total. The lowest BCUT2D eigenvalue weighted by atomic mass is 9.99. The van der Waals surface area contributed by atoms with Gasteiger partial charge in [-0.2, -0.15) is 4.98 Å². The summed E-state index contributed by atoms with van der Waals surface area (Å²) in [7, 11) is 0. The zero-order valence-electron chi connectivity index (χ0n) is 12.4. The van der Waals surface area contributed by atoms with Crippen LogP contribution in [0.3, 0.4) is 0 Å². The van der Waals surface area contributed by atoms with E-state index in [1.54, 1.807) is 0 Å². The molecule has 19 heavy (non-hydrogen) atoms. The molecule has 1 aliphatic rings. The Balaban J connectivity index is 1.86.